The van der Waals surface area contributed by atoms with Gasteiger partial charge in [0.15, 0.2) is 17.5 Å². The van der Waals surface area contributed by atoms with E-state index in [1.807, 2.05) is 13.8 Å². The minimum Gasteiger partial charge on any atom is -0.490 e. The van der Waals surface area contributed by atoms with Crippen LogP contribution in [0.25, 0.3) is 0 Å². The van der Waals surface area contributed by atoms with E-state index in [1.54, 1.807) is 26.1 Å². The molecule has 0 spiro atoms. The van der Waals surface area contributed by atoms with Gasteiger partial charge in [-0.2, -0.15) is 8.78 Å². The zero-order valence-corrected chi connectivity index (χ0v) is 18.5. The quantitative estimate of drug-likeness (QED) is 0.320. The number of alkyl halides is 2. The second-order valence-corrected chi connectivity index (χ2v) is 5.62. The number of benzene rings is 1. The number of oxazole rings is 1. The maximum atomic E-state index is 12.5. The summed E-state index contributed by atoms with van der Waals surface area (Å²) in [6, 6.07) is 4.80. The summed E-state index contributed by atoms with van der Waals surface area (Å²) < 4.78 is 40.3. The zero-order valence-electron chi connectivity index (χ0n) is 16.2. The van der Waals surface area contributed by atoms with Gasteiger partial charge in [0.2, 0.25) is 5.89 Å². The summed E-state index contributed by atoms with van der Waals surface area (Å²) >= 11 is 0. The molecule has 2 N–H and O–H groups in total. The van der Waals surface area contributed by atoms with Gasteiger partial charge >= 0.3 is 6.61 Å². The molecule has 0 fully saturated rings. The van der Waals surface area contributed by atoms with Crippen LogP contribution in [-0.2, 0) is 13.1 Å². The number of guanidine groups is 1. The first kappa shape index (κ1) is 23.9. The fourth-order valence-corrected chi connectivity index (χ4v) is 2.30. The standard InChI is InChI=1S/C18H24F2N4O3.HI/c1-5-25-15-8-13(6-7-14(15)27-17(19)20)9-22-18(21-4)23-10-16-24-11(2)12(3)26-16;/h6-8,17H,5,9-10H2,1-4H3,(H2,21,22,23);1H. The molecule has 2 rings (SSSR count). The summed E-state index contributed by atoms with van der Waals surface area (Å²) in [4.78, 5) is 8.43. The maximum Gasteiger partial charge on any atom is 0.387 e. The van der Waals surface area contributed by atoms with Crippen LogP contribution in [0.2, 0.25) is 0 Å². The minimum absolute atomic E-state index is 0. The first-order valence-corrected chi connectivity index (χ1v) is 8.50. The third kappa shape index (κ3) is 7.13. The van der Waals surface area contributed by atoms with Gasteiger partial charge in [-0.25, -0.2) is 4.98 Å². The van der Waals surface area contributed by atoms with Gasteiger partial charge in [-0.15, -0.1) is 24.0 Å². The van der Waals surface area contributed by atoms with Crippen LogP contribution in [0, 0.1) is 13.8 Å². The van der Waals surface area contributed by atoms with E-state index in [4.69, 9.17) is 9.15 Å². The maximum absolute atomic E-state index is 12.5. The number of halogens is 3. The number of nitrogens with zero attached hydrogens (tertiary/aromatic N) is 2. The van der Waals surface area contributed by atoms with Gasteiger partial charge in [-0.05, 0) is 38.5 Å². The van der Waals surface area contributed by atoms with Gasteiger partial charge in [0.05, 0.1) is 18.8 Å². The third-order valence-electron chi connectivity index (χ3n) is 3.69. The molecule has 10 heteroatoms. The number of ether oxygens (including phenoxy) is 2. The molecular formula is C18H25F2IN4O3. The van der Waals surface area contributed by atoms with E-state index >= 15 is 0 Å². The number of aliphatic imine (C=N–C) groups is 1. The highest BCUT2D eigenvalue weighted by atomic mass is 127. The predicted octanol–water partition coefficient (Wildman–Crippen LogP) is 3.77. The zero-order chi connectivity index (χ0) is 19.8. The predicted molar refractivity (Wildman–Crippen MR) is 113 cm³/mol. The van der Waals surface area contributed by atoms with Crippen molar-refractivity contribution in [2.45, 2.75) is 40.5 Å². The van der Waals surface area contributed by atoms with Gasteiger partial charge in [-0.1, -0.05) is 6.07 Å². The Labute approximate surface area is 179 Å². The number of nitrogens with one attached hydrogen (secondary N) is 2. The van der Waals surface area contributed by atoms with Crippen LogP contribution in [0.3, 0.4) is 0 Å². The Morgan fingerprint density at radius 3 is 2.50 bits per heavy atom. The third-order valence-corrected chi connectivity index (χ3v) is 3.69. The second-order valence-electron chi connectivity index (χ2n) is 5.62. The number of aromatic nitrogens is 1. The lowest BCUT2D eigenvalue weighted by Gasteiger charge is -2.14. The molecule has 0 atom stereocenters. The fourth-order valence-electron chi connectivity index (χ4n) is 2.30. The van der Waals surface area contributed by atoms with E-state index in [0.29, 0.717) is 31.5 Å². The Kier molecular flexibility index (Phi) is 9.97. The molecule has 1 aromatic carbocycles. The van der Waals surface area contributed by atoms with Gasteiger partial charge < -0.3 is 24.5 Å². The van der Waals surface area contributed by atoms with Gasteiger partial charge in [0.1, 0.15) is 5.76 Å². The normalized spacial score (nSPS) is 11.2. The minimum atomic E-state index is -2.90. The highest BCUT2D eigenvalue weighted by molar-refractivity contribution is 14.0. The van der Waals surface area contributed by atoms with Crippen LogP contribution in [0.4, 0.5) is 8.78 Å². The van der Waals surface area contributed by atoms with Crippen LogP contribution < -0.4 is 20.1 Å². The van der Waals surface area contributed by atoms with E-state index in [0.717, 1.165) is 17.0 Å². The molecule has 0 amide bonds. The molecule has 1 heterocycles. The lowest BCUT2D eigenvalue weighted by atomic mass is 10.2. The molecule has 1 aromatic heterocycles. The molecule has 0 aliphatic heterocycles. The summed E-state index contributed by atoms with van der Waals surface area (Å²) in [6.45, 7) is 3.75. The Morgan fingerprint density at radius 2 is 1.93 bits per heavy atom. The number of rotatable bonds is 8. The SMILES string of the molecule is CCOc1cc(CNC(=NC)NCc2nc(C)c(C)o2)ccc1OC(F)F.I. The molecule has 28 heavy (non-hydrogen) atoms. The van der Waals surface area contributed by atoms with Gasteiger partial charge in [-0.3, -0.25) is 4.99 Å². The van der Waals surface area contributed by atoms with Crippen molar-refractivity contribution < 1.29 is 22.7 Å². The fraction of sp³-hybridized carbons (Fsp3) is 0.444. The van der Waals surface area contributed by atoms with E-state index < -0.39 is 6.61 Å². The molecule has 0 aliphatic rings. The highest BCUT2D eigenvalue weighted by Gasteiger charge is 2.12. The topological polar surface area (TPSA) is 80.9 Å². The van der Waals surface area contributed by atoms with Crippen molar-refractivity contribution in [1.82, 2.24) is 15.6 Å². The van der Waals surface area contributed by atoms with Gasteiger partial charge in [0, 0.05) is 13.6 Å². The van der Waals surface area contributed by atoms with E-state index in [-0.39, 0.29) is 35.5 Å². The van der Waals surface area contributed by atoms with Crippen molar-refractivity contribution in [3.63, 3.8) is 0 Å². The van der Waals surface area contributed by atoms with Crippen LogP contribution in [0.1, 0.15) is 29.8 Å². The first-order chi connectivity index (χ1) is 12.9. The van der Waals surface area contributed by atoms with E-state index in [1.165, 1.54) is 6.07 Å². The molecule has 2 aromatic rings. The van der Waals surface area contributed by atoms with Crippen LogP contribution in [0.15, 0.2) is 27.6 Å². The van der Waals surface area contributed by atoms with E-state index in [9.17, 15) is 8.78 Å². The number of aryl methyl sites for hydroxylation is 2. The summed E-state index contributed by atoms with van der Waals surface area (Å²) in [5.41, 5.74) is 1.68. The number of hydrogen-bond donors (Lipinski definition) is 2. The largest absolute Gasteiger partial charge is 0.490 e. The first-order valence-electron chi connectivity index (χ1n) is 8.50. The average Bonchev–Trinajstić information content (AvgIpc) is 2.95. The molecule has 0 unspecified atom stereocenters. The molecule has 0 bridgehead atoms. The Hall–Kier alpha value is -2.11. The molecule has 0 saturated carbocycles. The molecule has 0 saturated heterocycles. The van der Waals surface area contributed by atoms with Crippen LogP contribution in [0.5, 0.6) is 11.5 Å². The van der Waals surface area contributed by atoms with Crippen molar-refractivity contribution in [2.75, 3.05) is 13.7 Å². The number of hydrogen-bond acceptors (Lipinski definition) is 5. The molecule has 0 radical (unpaired) electrons. The van der Waals surface area contributed by atoms with Crippen molar-refractivity contribution >= 4 is 29.9 Å². The molecule has 0 aliphatic carbocycles. The van der Waals surface area contributed by atoms with E-state index in [2.05, 4.69) is 25.3 Å². The average molecular weight is 510 g/mol. The summed E-state index contributed by atoms with van der Waals surface area (Å²) in [7, 11) is 1.65. The molecule has 156 valence electrons. The Bertz CT molecular complexity index is 765. The molecular weight excluding hydrogens is 485 g/mol. The summed E-state index contributed by atoms with van der Waals surface area (Å²) in [5.74, 6) is 2.18. The van der Waals surface area contributed by atoms with Gasteiger partial charge in [0.25, 0.3) is 0 Å². The molecule has 7 nitrogen and oxygen atoms in total. The highest BCUT2D eigenvalue weighted by Crippen LogP contribution is 2.29. The Balaban J connectivity index is 0.00000392. The summed E-state index contributed by atoms with van der Waals surface area (Å²) in [5, 5.41) is 6.23. The lowest BCUT2D eigenvalue weighted by molar-refractivity contribution is -0.0514. The van der Waals surface area contributed by atoms with Crippen LogP contribution in [-0.4, -0.2) is 31.2 Å². The van der Waals surface area contributed by atoms with Crippen molar-refractivity contribution in [3.8, 4) is 11.5 Å². The van der Waals surface area contributed by atoms with Crippen molar-refractivity contribution in [2.24, 2.45) is 4.99 Å². The Morgan fingerprint density at radius 1 is 1.21 bits per heavy atom. The second kappa shape index (κ2) is 11.7. The van der Waals surface area contributed by atoms with Crippen molar-refractivity contribution in [1.29, 1.82) is 0 Å². The van der Waals surface area contributed by atoms with Crippen LogP contribution >= 0.6 is 24.0 Å². The van der Waals surface area contributed by atoms with Crippen molar-refractivity contribution in [3.05, 3.63) is 41.1 Å². The summed E-state index contributed by atoms with van der Waals surface area (Å²) in [6.07, 6.45) is 0. The lowest BCUT2D eigenvalue weighted by Crippen LogP contribution is -2.36. The smallest absolute Gasteiger partial charge is 0.387 e. The monoisotopic (exact) mass is 510 g/mol.